The van der Waals surface area contributed by atoms with Gasteiger partial charge in [0.1, 0.15) is 5.60 Å². The summed E-state index contributed by atoms with van der Waals surface area (Å²) in [6, 6.07) is 9.73. The number of hydrogen-bond acceptors (Lipinski definition) is 5. The van der Waals surface area contributed by atoms with Crippen molar-refractivity contribution in [2.24, 2.45) is 0 Å². The van der Waals surface area contributed by atoms with Gasteiger partial charge in [-0.15, -0.1) is 0 Å². The summed E-state index contributed by atoms with van der Waals surface area (Å²) >= 11 is 0. The Morgan fingerprint density at radius 2 is 1.89 bits per heavy atom. The van der Waals surface area contributed by atoms with Gasteiger partial charge in [-0.1, -0.05) is 30.3 Å². The third-order valence-electron chi connectivity index (χ3n) is 4.51. The summed E-state index contributed by atoms with van der Waals surface area (Å²) in [6.07, 6.45) is -0.635. The zero-order chi connectivity index (χ0) is 20.9. The Kier molecular flexibility index (Phi) is 7.87. The molecular weight excluding hydrogens is 358 g/mol. The summed E-state index contributed by atoms with van der Waals surface area (Å²) in [7, 11) is 1.74. The first-order valence-electron chi connectivity index (χ1n) is 9.99. The molecule has 6 heteroatoms. The first-order valence-corrected chi connectivity index (χ1v) is 9.99. The standard InChI is InChI=1S/C22H35NO5/c1-15(2)26-19-13-18(25-14-17-11-9-8-10-12-17)20(16(3)27-19)23(7)21(24)28-22(4,5)6/h8-12,15-16,18-20H,13-14H2,1-7H3/t16-,18-,19+,20+/m1/s1. The second kappa shape index (κ2) is 9.72. The van der Waals surface area contributed by atoms with Crippen molar-refractivity contribution in [1.82, 2.24) is 4.90 Å². The maximum Gasteiger partial charge on any atom is 0.410 e. The van der Waals surface area contributed by atoms with E-state index in [2.05, 4.69) is 0 Å². The molecule has 0 radical (unpaired) electrons. The third kappa shape index (κ3) is 6.76. The van der Waals surface area contributed by atoms with Crippen LogP contribution in [0.25, 0.3) is 0 Å². The molecule has 28 heavy (non-hydrogen) atoms. The number of likely N-dealkylation sites (N-methyl/N-ethyl adjacent to an activating group) is 1. The minimum atomic E-state index is -0.562. The van der Waals surface area contributed by atoms with Crippen molar-refractivity contribution >= 4 is 6.09 Å². The molecule has 0 aromatic heterocycles. The lowest BCUT2D eigenvalue weighted by Crippen LogP contribution is -2.58. The van der Waals surface area contributed by atoms with Gasteiger partial charge in [-0.05, 0) is 47.1 Å². The Labute approximate surface area is 169 Å². The molecular formula is C22H35NO5. The van der Waals surface area contributed by atoms with E-state index in [9.17, 15) is 4.79 Å². The molecule has 1 aromatic rings. The van der Waals surface area contributed by atoms with Crippen LogP contribution in [-0.2, 0) is 25.6 Å². The predicted molar refractivity (Wildman–Crippen MR) is 108 cm³/mol. The molecule has 1 aromatic carbocycles. The maximum atomic E-state index is 12.6. The van der Waals surface area contributed by atoms with E-state index in [1.165, 1.54) is 0 Å². The van der Waals surface area contributed by atoms with E-state index in [-0.39, 0.29) is 36.7 Å². The van der Waals surface area contributed by atoms with Crippen LogP contribution in [0.4, 0.5) is 4.79 Å². The topological polar surface area (TPSA) is 57.2 Å². The van der Waals surface area contributed by atoms with Gasteiger partial charge >= 0.3 is 6.09 Å². The summed E-state index contributed by atoms with van der Waals surface area (Å²) in [5.41, 5.74) is 0.523. The van der Waals surface area contributed by atoms with E-state index in [1.807, 2.05) is 71.9 Å². The van der Waals surface area contributed by atoms with E-state index in [0.29, 0.717) is 13.0 Å². The molecule has 0 N–H and O–H groups in total. The first kappa shape index (κ1) is 22.7. The molecule has 158 valence electrons. The first-order chi connectivity index (χ1) is 13.1. The van der Waals surface area contributed by atoms with Gasteiger partial charge in [0, 0.05) is 13.5 Å². The monoisotopic (exact) mass is 393 g/mol. The lowest BCUT2D eigenvalue weighted by atomic mass is 9.97. The number of ether oxygens (including phenoxy) is 4. The summed E-state index contributed by atoms with van der Waals surface area (Å²) in [5.74, 6) is 0. The zero-order valence-corrected chi connectivity index (χ0v) is 18.2. The second-order valence-electron chi connectivity index (χ2n) is 8.61. The number of carbonyl (C=O) groups excluding carboxylic acids is 1. The Hall–Kier alpha value is -1.63. The molecule has 0 unspecified atom stereocenters. The van der Waals surface area contributed by atoms with Crippen molar-refractivity contribution in [3.05, 3.63) is 35.9 Å². The van der Waals surface area contributed by atoms with Crippen LogP contribution in [-0.4, -0.2) is 54.3 Å². The highest BCUT2D eigenvalue weighted by molar-refractivity contribution is 5.68. The quantitative estimate of drug-likeness (QED) is 0.718. The van der Waals surface area contributed by atoms with Crippen molar-refractivity contribution in [3.63, 3.8) is 0 Å². The van der Waals surface area contributed by atoms with Crippen molar-refractivity contribution in [3.8, 4) is 0 Å². The van der Waals surface area contributed by atoms with Gasteiger partial charge in [0.15, 0.2) is 6.29 Å². The highest BCUT2D eigenvalue weighted by atomic mass is 16.7. The van der Waals surface area contributed by atoms with Gasteiger partial charge in [-0.2, -0.15) is 0 Å². The fourth-order valence-corrected chi connectivity index (χ4v) is 3.36. The average molecular weight is 394 g/mol. The van der Waals surface area contributed by atoms with Crippen molar-refractivity contribution in [1.29, 1.82) is 0 Å². The van der Waals surface area contributed by atoms with Gasteiger partial charge in [-0.3, -0.25) is 0 Å². The molecule has 1 amide bonds. The minimum absolute atomic E-state index is 0.0482. The Bertz CT molecular complexity index is 613. The fraction of sp³-hybridized carbons (Fsp3) is 0.682. The highest BCUT2D eigenvalue weighted by Crippen LogP contribution is 2.29. The van der Waals surface area contributed by atoms with E-state index >= 15 is 0 Å². The summed E-state index contributed by atoms with van der Waals surface area (Å²) in [4.78, 5) is 14.2. The smallest absolute Gasteiger partial charge is 0.410 e. The zero-order valence-electron chi connectivity index (χ0n) is 18.2. The van der Waals surface area contributed by atoms with Gasteiger partial charge in [0.25, 0.3) is 0 Å². The molecule has 1 fully saturated rings. The maximum absolute atomic E-state index is 12.6. The molecule has 1 heterocycles. The molecule has 0 bridgehead atoms. The van der Waals surface area contributed by atoms with Crippen LogP contribution in [0.1, 0.15) is 53.5 Å². The van der Waals surface area contributed by atoms with Gasteiger partial charge in [-0.25, -0.2) is 4.79 Å². The molecule has 0 aliphatic carbocycles. The molecule has 0 spiro atoms. The second-order valence-corrected chi connectivity index (χ2v) is 8.61. The summed E-state index contributed by atoms with van der Waals surface area (Å²) < 4.78 is 23.7. The molecule has 1 aliphatic rings. The average Bonchev–Trinajstić information content (AvgIpc) is 2.58. The SMILES string of the molecule is CC(C)O[C@@H]1C[C@@H](OCc2ccccc2)[C@@H](N(C)C(=O)OC(C)(C)C)[C@@H](C)O1. The van der Waals surface area contributed by atoms with Crippen LogP contribution < -0.4 is 0 Å². The number of benzene rings is 1. The number of rotatable bonds is 6. The van der Waals surface area contributed by atoms with Crippen molar-refractivity contribution < 1.29 is 23.7 Å². The third-order valence-corrected chi connectivity index (χ3v) is 4.51. The lowest BCUT2D eigenvalue weighted by Gasteiger charge is -2.44. The van der Waals surface area contributed by atoms with Gasteiger partial charge < -0.3 is 23.8 Å². The Balaban J connectivity index is 2.14. The van der Waals surface area contributed by atoms with Crippen LogP contribution >= 0.6 is 0 Å². The highest BCUT2D eigenvalue weighted by Gasteiger charge is 2.42. The molecule has 2 rings (SSSR count). The van der Waals surface area contributed by atoms with Crippen LogP contribution in [0.3, 0.4) is 0 Å². The summed E-state index contributed by atoms with van der Waals surface area (Å²) in [6.45, 7) is 11.9. The van der Waals surface area contributed by atoms with Crippen LogP contribution in [0.2, 0.25) is 0 Å². The van der Waals surface area contributed by atoms with Gasteiger partial charge in [0.2, 0.25) is 0 Å². The largest absolute Gasteiger partial charge is 0.444 e. The molecule has 0 saturated carbocycles. The molecule has 1 aliphatic heterocycles. The van der Waals surface area contributed by atoms with Gasteiger partial charge in [0.05, 0.1) is 31.0 Å². The number of amides is 1. The molecule has 1 saturated heterocycles. The van der Waals surface area contributed by atoms with Crippen molar-refractivity contribution in [2.75, 3.05) is 7.05 Å². The van der Waals surface area contributed by atoms with Crippen molar-refractivity contribution in [2.45, 2.75) is 90.8 Å². The lowest BCUT2D eigenvalue weighted by molar-refractivity contribution is -0.250. The Morgan fingerprint density at radius 3 is 2.46 bits per heavy atom. The van der Waals surface area contributed by atoms with Crippen LogP contribution in [0, 0.1) is 0 Å². The predicted octanol–water partition coefficient (Wildman–Crippen LogP) is 4.37. The van der Waals surface area contributed by atoms with E-state index in [0.717, 1.165) is 5.56 Å². The molecule has 4 atom stereocenters. The molecule has 6 nitrogen and oxygen atoms in total. The Morgan fingerprint density at radius 1 is 1.25 bits per heavy atom. The number of hydrogen-bond donors (Lipinski definition) is 0. The number of carbonyl (C=O) groups is 1. The summed E-state index contributed by atoms with van der Waals surface area (Å²) in [5, 5.41) is 0. The van der Waals surface area contributed by atoms with Crippen LogP contribution in [0.5, 0.6) is 0 Å². The number of nitrogens with zero attached hydrogens (tertiary/aromatic N) is 1. The van der Waals surface area contributed by atoms with E-state index < -0.39 is 5.60 Å². The normalized spacial score (nSPS) is 25.6. The van der Waals surface area contributed by atoms with Crippen LogP contribution in [0.15, 0.2) is 30.3 Å². The fourth-order valence-electron chi connectivity index (χ4n) is 3.36. The van der Waals surface area contributed by atoms with E-state index in [1.54, 1.807) is 11.9 Å². The minimum Gasteiger partial charge on any atom is -0.444 e. The van der Waals surface area contributed by atoms with E-state index in [4.69, 9.17) is 18.9 Å².